The normalized spacial score (nSPS) is 15.9. The Balaban J connectivity index is 2.15. The predicted molar refractivity (Wildman–Crippen MR) is 98.1 cm³/mol. The van der Waals surface area contributed by atoms with Crippen molar-refractivity contribution < 1.29 is 14.3 Å². The Kier molecular flexibility index (Phi) is 4.72. The summed E-state index contributed by atoms with van der Waals surface area (Å²) in [6.45, 7) is 1.72. The Morgan fingerprint density at radius 3 is 2.48 bits per heavy atom. The topological polar surface area (TPSA) is 46.6 Å². The first-order chi connectivity index (χ1) is 12.0. The second-order valence-corrected chi connectivity index (χ2v) is 5.98. The van der Waals surface area contributed by atoms with E-state index in [-0.39, 0.29) is 11.5 Å². The summed E-state index contributed by atoms with van der Waals surface area (Å²) in [7, 11) is 1.30. The van der Waals surface area contributed by atoms with Crippen molar-refractivity contribution in [2.75, 3.05) is 12.0 Å². The number of anilines is 1. The molecule has 0 aromatic heterocycles. The van der Waals surface area contributed by atoms with Gasteiger partial charge in [0, 0.05) is 10.7 Å². The van der Waals surface area contributed by atoms with Crippen LogP contribution in [0.15, 0.2) is 71.4 Å². The Labute approximate surface area is 151 Å². The first-order valence-corrected chi connectivity index (χ1v) is 8.07. The predicted octanol–water partition coefficient (Wildman–Crippen LogP) is 4.22. The van der Waals surface area contributed by atoms with Crippen molar-refractivity contribution in [3.63, 3.8) is 0 Å². The third kappa shape index (κ3) is 3.21. The zero-order chi connectivity index (χ0) is 18.0. The molecule has 0 bridgehead atoms. The summed E-state index contributed by atoms with van der Waals surface area (Å²) in [6, 6.07) is 16.3. The molecule has 0 unspecified atom stereocenters. The summed E-state index contributed by atoms with van der Waals surface area (Å²) in [4.78, 5) is 26.8. The minimum absolute atomic E-state index is 0.260. The molecule has 1 amide bonds. The number of hydrogen-bond donors (Lipinski definition) is 0. The van der Waals surface area contributed by atoms with Gasteiger partial charge in [0.25, 0.3) is 5.91 Å². The molecule has 2 aromatic rings. The van der Waals surface area contributed by atoms with Gasteiger partial charge in [-0.15, -0.1) is 0 Å². The molecule has 0 fully saturated rings. The molecule has 5 heteroatoms. The van der Waals surface area contributed by atoms with Gasteiger partial charge in [-0.3, -0.25) is 9.69 Å². The zero-order valence-corrected chi connectivity index (χ0v) is 14.6. The summed E-state index contributed by atoms with van der Waals surface area (Å²) >= 11 is 6.05. The lowest BCUT2D eigenvalue weighted by atomic mass is 10.0. The Hall–Kier alpha value is -2.85. The van der Waals surface area contributed by atoms with E-state index in [4.69, 9.17) is 16.3 Å². The fourth-order valence-corrected chi connectivity index (χ4v) is 3.01. The molecule has 0 saturated heterocycles. The minimum Gasteiger partial charge on any atom is -0.465 e. The number of amides is 1. The lowest BCUT2D eigenvalue weighted by Crippen LogP contribution is -2.24. The van der Waals surface area contributed by atoms with Crippen LogP contribution in [0.5, 0.6) is 0 Å². The summed E-state index contributed by atoms with van der Waals surface area (Å²) in [5.74, 6) is -0.832. The Morgan fingerprint density at radius 1 is 1.12 bits per heavy atom. The first-order valence-electron chi connectivity index (χ1n) is 7.69. The van der Waals surface area contributed by atoms with E-state index in [2.05, 4.69) is 0 Å². The standard InChI is InChI=1S/C20H16ClNO3/c1-13-18(20(24)25-2)17(11-14-7-4-3-5-8-14)19(23)22(13)16-10-6-9-15(21)12-16/h3-12H,1-2H3/b17-11-. The molecule has 3 rings (SSSR count). The van der Waals surface area contributed by atoms with Crippen LogP contribution in [0.2, 0.25) is 5.02 Å². The van der Waals surface area contributed by atoms with E-state index in [0.717, 1.165) is 5.56 Å². The maximum Gasteiger partial charge on any atom is 0.340 e. The zero-order valence-electron chi connectivity index (χ0n) is 13.8. The summed E-state index contributed by atoms with van der Waals surface area (Å²) in [5.41, 5.74) is 2.51. The van der Waals surface area contributed by atoms with Gasteiger partial charge in [0.2, 0.25) is 0 Å². The van der Waals surface area contributed by atoms with Gasteiger partial charge in [-0.25, -0.2) is 4.79 Å². The average Bonchev–Trinajstić information content (AvgIpc) is 2.85. The number of allylic oxidation sites excluding steroid dienone is 1. The van der Waals surface area contributed by atoms with Crippen LogP contribution in [0, 0.1) is 0 Å². The molecule has 0 spiro atoms. The summed E-state index contributed by atoms with van der Waals surface area (Å²) < 4.78 is 4.89. The number of benzene rings is 2. The largest absolute Gasteiger partial charge is 0.465 e. The number of hydrogen-bond acceptors (Lipinski definition) is 3. The smallest absolute Gasteiger partial charge is 0.340 e. The number of nitrogens with zero attached hydrogens (tertiary/aromatic N) is 1. The van der Waals surface area contributed by atoms with Crippen LogP contribution in [0.25, 0.3) is 6.08 Å². The Bertz CT molecular complexity index is 900. The second kappa shape index (κ2) is 6.95. The second-order valence-electron chi connectivity index (χ2n) is 5.54. The lowest BCUT2D eigenvalue weighted by Gasteiger charge is -2.18. The molecule has 0 radical (unpaired) electrons. The van der Waals surface area contributed by atoms with Crippen LogP contribution >= 0.6 is 11.6 Å². The highest BCUT2D eigenvalue weighted by atomic mass is 35.5. The average molecular weight is 354 g/mol. The molecule has 4 nitrogen and oxygen atoms in total. The SMILES string of the molecule is COC(=O)C1=C(C)N(c2cccc(Cl)c2)C(=O)/C1=C\c1ccccc1. The van der Waals surface area contributed by atoms with Gasteiger partial charge in [-0.1, -0.05) is 48.0 Å². The van der Waals surface area contributed by atoms with Crippen molar-refractivity contribution >= 4 is 35.2 Å². The summed E-state index contributed by atoms with van der Waals surface area (Å²) in [6.07, 6.45) is 1.70. The lowest BCUT2D eigenvalue weighted by molar-refractivity contribution is -0.136. The number of methoxy groups -OCH3 is 1. The van der Waals surface area contributed by atoms with Crippen molar-refractivity contribution in [3.8, 4) is 0 Å². The van der Waals surface area contributed by atoms with E-state index in [1.807, 2.05) is 30.3 Å². The molecular formula is C20H16ClNO3. The fourth-order valence-electron chi connectivity index (χ4n) is 2.82. The van der Waals surface area contributed by atoms with Gasteiger partial charge in [-0.2, -0.15) is 0 Å². The van der Waals surface area contributed by atoms with Gasteiger partial charge in [0.05, 0.1) is 23.9 Å². The van der Waals surface area contributed by atoms with Gasteiger partial charge in [0.1, 0.15) is 0 Å². The number of ether oxygens (including phenoxy) is 1. The van der Waals surface area contributed by atoms with Crippen molar-refractivity contribution in [1.29, 1.82) is 0 Å². The number of carbonyl (C=O) groups excluding carboxylic acids is 2. The van der Waals surface area contributed by atoms with Crippen molar-refractivity contribution in [3.05, 3.63) is 82.0 Å². The maximum atomic E-state index is 13.0. The third-order valence-corrected chi connectivity index (χ3v) is 4.20. The van der Waals surface area contributed by atoms with Crippen LogP contribution in [-0.4, -0.2) is 19.0 Å². The van der Waals surface area contributed by atoms with Gasteiger partial charge in [0.15, 0.2) is 0 Å². The van der Waals surface area contributed by atoms with E-state index in [9.17, 15) is 9.59 Å². The van der Waals surface area contributed by atoms with Crippen LogP contribution in [0.4, 0.5) is 5.69 Å². The highest BCUT2D eigenvalue weighted by Crippen LogP contribution is 2.36. The Morgan fingerprint density at radius 2 is 1.84 bits per heavy atom. The maximum absolute atomic E-state index is 13.0. The van der Waals surface area contributed by atoms with Crippen LogP contribution in [0.1, 0.15) is 12.5 Å². The van der Waals surface area contributed by atoms with Crippen molar-refractivity contribution in [1.82, 2.24) is 0 Å². The van der Waals surface area contributed by atoms with Gasteiger partial charge in [-0.05, 0) is 36.8 Å². The molecule has 1 aliphatic rings. The molecular weight excluding hydrogens is 338 g/mol. The van der Waals surface area contributed by atoms with E-state index in [1.54, 1.807) is 37.3 Å². The monoisotopic (exact) mass is 353 g/mol. The molecule has 0 aliphatic carbocycles. The highest BCUT2D eigenvalue weighted by molar-refractivity contribution is 6.31. The van der Waals surface area contributed by atoms with Gasteiger partial charge >= 0.3 is 5.97 Å². The first kappa shape index (κ1) is 17.0. The molecule has 0 N–H and O–H groups in total. The van der Waals surface area contributed by atoms with E-state index in [1.165, 1.54) is 12.0 Å². The quantitative estimate of drug-likeness (QED) is 0.613. The van der Waals surface area contributed by atoms with E-state index < -0.39 is 5.97 Å². The molecule has 0 saturated carbocycles. The fraction of sp³-hybridized carbons (Fsp3) is 0.100. The van der Waals surface area contributed by atoms with Crippen molar-refractivity contribution in [2.24, 2.45) is 0 Å². The molecule has 0 atom stereocenters. The minimum atomic E-state index is -0.544. The third-order valence-electron chi connectivity index (χ3n) is 3.97. The molecule has 1 heterocycles. The van der Waals surface area contributed by atoms with E-state index in [0.29, 0.717) is 22.0 Å². The van der Waals surface area contributed by atoms with Crippen LogP contribution in [-0.2, 0) is 14.3 Å². The number of halogens is 1. The van der Waals surface area contributed by atoms with Crippen LogP contribution < -0.4 is 4.90 Å². The van der Waals surface area contributed by atoms with Crippen LogP contribution in [0.3, 0.4) is 0 Å². The molecule has 1 aliphatic heterocycles. The number of carbonyl (C=O) groups is 2. The van der Waals surface area contributed by atoms with E-state index >= 15 is 0 Å². The number of esters is 1. The number of rotatable bonds is 3. The molecule has 2 aromatic carbocycles. The molecule has 126 valence electrons. The highest BCUT2D eigenvalue weighted by Gasteiger charge is 2.37. The van der Waals surface area contributed by atoms with Crippen molar-refractivity contribution in [2.45, 2.75) is 6.92 Å². The summed E-state index contributed by atoms with van der Waals surface area (Å²) in [5, 5.41) is 0.512. The van der Waals surface area contributed by atoms with Gasteiger partial charge < -0.3 is 4.74 Å². The molecule has 25 heavy (non-hydrogen) atoms.